The highest BCUT2D eigenvalue weighted by molar-refractivity contribution is 7.85. The van der Waals surface area contributed by atoms with Crippen LogP contribution in [0.1, 0.15) is 213 Å². The maximum atomic E-state index is 14.3. The van der Waals surface area contributed by atoms with Crippen molar-refractivity contribution < 1.29 is 120 Å². The SMILES string of the molecule is CCC(=O)CNC(=O)[C@H](CC(C)C)NC(=O)[C@@H]1CCCN1C(=O)COCCCC(=O)[C@@H](CCC(=O)O)NC(=O)[C@@H](CCC(=O)O)CC(=O)[C@@H](CCC(=O)O)NC(=O)[C@@H](CCC(=O)O)CC(=O)[C@@H](CCC(=O)O)NC(=O)CCCCC[N+]1=C(C=CC=CC=CC=C2N(CC)c3ccc(C)cc3C2(C)C)C(C)(C)c2cc(S(=O)(=O)O)ccc21. The number of likely N-dealkylation sites (N-methyl/N-ethyl adjacent to an activating group) is 1. The normalized spacial score (nSPS) is 16.8. The lowest BCUT2D eigenvalue weighted by Crippen LogP contribution is -2.54. The number of carboxylic acids is 5. The number of likely N-dealkylation sites (tertiary alicyclic amines) is 1. The van der Waals surface area contributed by atoms with Crippen LogP contribution in [0.15, 0.2) is 89.5 Å². The number of carboxylic acid groups (broad SMARTS) is 5. The molecule has 6 amide bonds. The average molecular weight is 1640 g/mol. The summed E-state index contributed by atoms with van der Waals surface area (Å²) in [6.07, 6.45) is 7.17. The van der Waals surface area contributed by atoms with Crippen LogP contribution in [0, 0.1) is 24.7 Å². The number of rotatable bonds is 53. The molecule has 3 aliphatic heterocycles. The topological polar surface area (TPSA) is 490 Å². The van der Waals surface area contributed by atoms with E-state index in [1.54, 1.807) is 13.0 Å². The average Bonchev–Trinajstić information content (AvgIpc) is 1.59. The molecule has 0 unspecified atom stereocenters. The third-order valence-electron chi connectivity index (χ3n) is 20.9. The number of anilines is 1. The van der Waals surface area contributed by atoms with E-state index in [0.29, 0.717) is 37.1 Å². The van der Waals surface area contributed by atoms with E-state index in [4.69, 9.17) is 4.74 Å². The number of hydrogen-bond donors (Lipinski definition) is 11. The second-order valence-electron chi connectivity index (χ2n) is 31.0. The number of unbranched alkanes of at least 4 members (excludes halogenated alkanes) is 2. The molecule has 0 aromatic heterocycles. The first-order chi connectivity index (χ1) is 54.6. The number of amides is 6. The van der Waals surface area contributed by atoms with Gasteiger partial charge >= 0.3 is 29.8 Å². The number of carbonyl (C=O) groups is 15. The summed E-state index contributed by atoms with van der Waals surface area (Å²) in [5, 5.41) is 61.0. The van der Waals surface area contributed by atoms with E-state index in [1.807, 2.05) is 68.7 Å². The van der Waals surface area contributed by atoms with Gasteiger partial charge < -0.3 is 66.7 Å². The molecule has 0 bridgehead atoms. The van der Waals surface area contributed by atoms with E-state index in [1.165, 1.54) is 33.8 Å². The van der Waals surface area contributed by atoms with Gasteiger partial charge in [0.1, 0.15) is 25.2 Å². The summed E-state index contributed by atoms with van der Waals surface area (Å²) in [6, 6.07) is 4.04. The highest BCUT2D eigenvalue weighted by Gasteiger charge is 2.46. The van der Waals surface area contributed by atoms with Crippen LogP contribution in [0.5, 0.6) is 0 Å². The van der Waals surface area contributed by atoms with Gasteiger partial charge in [-0.25, -0.2) is 0 Å². The fourth-order valence-corrected chi connectivity index (χ4v) is 15.0. The van der Waals surface area contributed by atoms with Gasteiger partial charge in [-0.1, -0.05) is 82.7 Å². The van der Waals surface area contributed by atoms with Gasteiger partial charge in [-0.3, -0.25) is 76.5 Å². The lowest BCUT2D eigenvalue weighted by Gasteiger charge is -2.27. The maximum Gasteiger partial charge on any atom is 0.303 e. The van der Waals surface area contributed by atoms with Gasteiger partial charge in [-0.05, 0) is 134 Å². The molecule has 116 heavy (non-hydrogen) atoms. The monoisotopic (exact) mass is 1640 g/mol. The molecule has 32 nitrogen and oxygen atoms in total. The smallest absolute Gasteiger partial charge is 0.303 e. The number of fused-ring (bicyclic) bond motifs is 2. The summed E-state index contributed by atoms with van der Waals surface area (Å²) in [7, 11) is -4.57. The Morgan fingerprint density at radius 3 is 1.71 bits per heavy atom. The molecule has 3 aliphatic rings. The molecule has 7 atom stereocenters. The predicted molar refractivity (Wildman–Crippen MR) is 426 cm³/mol. The van der Waals surface area contributed by atoms with Crippen LogP contribution in [-0.4, -0.2) is 212 Å². The molecule has 2 aromatic carbocycles. The number of aryl methyl sites for hydroxylation is 1. The number of nitrogens with one attached hydrogen (secondary N) is 5. The predicted octanol–water partition coefficient (Wildman–Crippen LogP) is 7.46. The number of hydrogen-bond acceptors (Lipinski definition) is 19. The van der Waals surface area contributed by atoms with Crippen LogP contribution in [-0.2, 0) is 97.6 Å². The van der Waals surface area contributed by atoms with Crippen LogP contribution < -0.4 is 31.5 Å². The van der Waals surface area contributed by atoms with E-state index < -0.39 is 224 Å². The Morgan fingerprint density at radius 1 is 0.603 bits per heavy atom. The van der Waals surface area contributed by atoms with Gasteiger partial charge in [0, 0.05) is 137 Å². The van der Waals surface area contributed by atoms with Crippen molar-refractivity contribution in [3.8, 4) is 0 Å². The summed E-state index contributed by atoms with van der Waals surface area (Å²) in [4.78, 5) is 199. The summed E-state index contributed by atoms with van der Waals surface area (Å²) < 4.78 is 42.3. The highest BCUT2D eigenvalue weighted by atomic mass is 32.2. The number of allylic oxidation sites excluding steroid dienone is 8. The molecule has 0 aliphatic carbocycles. The number of aliphatic carboxylic acids is 5. The lowest BCUT2D eigenvalue weighted by atomic mass is 9.81. The Labute approximate surface area is 676 Å². The Bertz CT molecular complexity index is 4230. The minimum absolute atomic E-state index is 0.0260. The molecule has 1 fully saturated rings. The first-order valence-corrected chi connectivity index (χ1v) is 41.0. The van der Waals surface area contributed by atoms with Crippen molar-refractivity contribution in [3.05, 3.63) is 101 Å². The van der Waals surface area contributed by atoms with E-state index in [-0.39, 0.29) is 86.7 Å². The Morgan fingerprint density at radius 2 is 1.16 bits per heavy atom. The number of benzene rings is 2. The molecule has 636 valence electrons. The molecule has 33 heteroatoms. The van der Waals surface area contributed by atoms with Crippen molar-refractivity contribution in [2.24, 2.45) is 17.8 Å². The van der Waals surface area contributed by atoms with Crippen molar-refractivity contribution in [2.45, 2.75) is 250 Å². The van der Waals surface area contributed by atoms with Crippen molar-refractivity contribution in [1.29, 1.82) is 0 Å². The summed E-state index contributed by atoms with van der Waals surface area (Å²) in [5.74, 6) is -17.9. The number of nitrogens with zero attached hydrogens (tertiary/aromatic N) is 3. The molecule has 0 saturated carbocycles. The zero-order valence-corrected chi connectivity index (χ0v) is 68.5. The zero-order valence-electron chi connectivity index (χ0n) is 67.7. The Kier molecular flexibility index (Phi) is 37.9. The van der Waals surface area contributed by atoms with Crippen LogP contribution in [0.4, 0.5) is 11.4 Å². The van der Waals surface area contributed by atoms with Crippen LogP contribution in [0.3, 0.4) is 0 Å². The highest BCUT2D eigenvalue weighted by Crippen LogP contribution is 2.48. The first-order valence-electron chi connectivity index (χ1n) is 39.5. The minimum Gasteiger partial charge on any atom is -0.481 e. The number of ketones is 4. The number of ether oxygens (including phenoxy) is 1. The van der Waals surface area contributed by atoms with E-state index in [2.05, 4.69) is 83.5 Å². The van der Waals surface area contributed by atoms with Gasteiger partial charge in [-0.2, -0.15) is 13.0 Å². The molecular weight excluding hydrogens is 1530 g/mol. The summed E-state index contributed by atoms with van der Waals surface area (Å²) in [6.45, 7) is 18.2. The van der Waals surface area contributed by atoms with Gasteiger partial charge in [0.05, 0.1) is 35.0 Å². The largest absolute Gasteiger partial charge is 0.481 e. The van der Waals surface area contributed by atoms with Gasteiger partial charge in [-0.15, -0.1) is 0 Å². The van der Waals surface area contributed by atoms with Crippen molar-refractivity contribution in [3.63, 3.8) is 0 Å². The van der Waals surface area contributed by atoms with Crippen LogP contribution >= 0.6 is 0 Å². The van der Waals surface area contributed by atoms with Crippen molar-refractivity contribution >= 4 is 116 Å². The molecule has 0 radical (unpaired) electrons. The number of Topliss-reactive ketones (excluding diaryl/α,β-unsaturated/α-hetero) is 4. The number of carbonyl (C=O) groups excluding carboxylic acids is 10. The third-order valence-corrected chi connectivity index (χ3v) is 21.7. The maximum absolute atomic E-state index is 14.3. The minimum atomic E-state index is -4.57. The van der Waals surface area contributed by atoms with Gasteiger partial charge in [0.2, 0.25) is 41.1 Å². The second-order valence-corrected chi connectivity index (χ2v) is 32.4. The zero-order chi connectivity index (χ0) is 86.4. The Balaban J connectivity index is 1.24. The molecule has 1 saturated heterocycles. The van der Waals surface area contributed by atoms with E-state index >= 15 is 0 Å². The molecule has 2 aromatic rings. The molecule has 3 heterocycles. The standard InChI is InChI=1S/C83H114N8O24S/c1-10-55(92)49-84-80(110)62(44-51(3)4)88-81(111)65-22-20-42-91(65)72(97)50-115-43-21-23-66(93)59(31-38-75(102)103)86-78(108)54(29-37-74(100)101)47-68(95)61(33-40-77(106)107)87-79(109)53(28-36-73(98)99)46-67(94)60(32-39-76(104)105)85-71(96)26-18-15-19-41-90-64-35-30-56(116(112,113)114)48-58(64)83(8,9)70(90)25-17-14-12-13-16-24-69-82(6,7)57-45-52(5)27-34-63(57)89(69)11-2/h12-14,16-17,24-25,27,30,34-35,45,48,51,53-54,59-62,65H,10-11,15,18-23,26,28-29,31-33,36-44,46-47,49-50H2,1-9H3,(H10-,84,85,86,87,88,96,98,99,100,101,102,103,104,105,106,107,108,109,110,111,112,113,114)/p+1/t53-,54-,59+,60+,61+,62-,65-/m0/s1. The second kappa shape index (κ2) is 45.8. The molecule has 0 spiro atoms. The molecule has 11 N–H and O–H groups in total. The molecular formula is C83H115N8O24S+. The molecule has 5 rings (SSSR count). The summed E-state index contributed by atoms with van der Waals surface area (Å²) >= 11 is 0. The van der Waals surface area contributed by atoms with E-state index in [9.17, 15) is 110 Å². The Hall–Kier alpha value is -10.4. The fourth-order valence-electron chi connectivity index (χ4n) is 14.5. The lowest BCUT2D eigenvalue weighted by molar-refractivity contribution is -0.438. The van der Waals surface area contributed by atoms with Crippen LogP contribution in [0.25, 0.3) is 0 Å². The fraction of sp³-hybridized carbons (Fsp3) is 0.566. The quantitative estimate of drug-likeness (QED) is 0.0132. The van der Waals surface area contributed by atoms with Crippen molar-refractivity contribution in [1.82, 2.24) is 31.5 Å². The third kappa shape index (κ3) is 29.7. The first kappa shape index (κ1) is 96.2. The summed E-state index contributed by atoms with van der Waals surface area (Å²) in [5.41, 5.74) is 5.93. The van der Waals surface area contributed by atoms with Crippen LogP contribution in [0.2, 0.25) is 0 Å². The van der Waals surface area contributed by atoms with E-state index in [0.717, 1.165) is 18.0 Å². The van der Waals surface area contributed by atoms with Gasteiger partial charge in [0.15, 0.2) is 28.8 Å². The van der Waals surface area contributed by atoms with Gasteiger partial charge in [0.25, 0.3) is 10.1 Å². The van der Waals surface area contributed by atoms with Crippen molar-refractivity contribution in [2.75, 3.05) is 44.3 Å².